The Morgan fingerprint density at radius 3 is 2.88 bits per heavy atom. The van der Waals surface area contributed by atoms with Crippen LogP contribution in [0.2, 0.25) is 0 Å². The molecule has 0 aliphatic heterocycles. The Morgan fingerprint density at radius 1 is 1.53 bits per heavy atom. The van der Waals surface area contributed by atoms with Crippen molar-refractivity contribution in [1.82, 2.24) is 0 Å². The van der Waals surface area contributed by atoms with Crippen LogP contribution in [-0.2, 0) is 0 Å². The van der Waals surface area contributed by atoms with Gasteiger partial charge in [-0.25, -0.2) is 4.79 Å². The first-order chi connectivity index (χ1) is 8.19. The summed E-state index contributed by atoms with van der Waals surface area (Å²) in [5, 5.41) is 12.1. The number of nitrogens with one attached hydrogen (secondary N) is 1. The molecule has 0 bridgehead atoms. The van der Waals surface area contributed by atoms with E-state index in [1.165, 1.54) is 6.07 Å². The highest BCUT2D eigenvalue weighted by Gasteiger charge is 2.08. The highest BCUT2D eigenvalue weighted by Crippen LogP contribution is 2.25. The van der Waals surface area contributed by atoms with Gasteiger partial charge in [0.1, 0.15) is 5.75 Å². The van der Waals surface area contributed by atoms with Crippen molar-refractivity contribution in [2.75, 3.05) is 31.0 Å². The topological polar surface area (TPSA) is 58.6 Å². The van der Waals surface area contributed by atoms with Crippen LogP contribution in [0.3, 0.4) is 0 Å². The maximum Gasteiger partial charge on any atom is 0.335 e. The van der Waals surface area contributed by atoms with E-state index >= 15 is 0 Å². The van der Waals surface area contributed by atoms with Crippen LogP contribution >= 0.6 is 11.8 Å². The molecule has 17 heavy (non-hydrogen) atoms. The highest BCUT2D eigenvalue weighted by atomic mass is 32.2. The summed E-state index contributed by atoms with van der Waals surface area (Å²) in [4.78, 5) is 10.9. The van der Waals surface area contributed by atoms with E-state index in [9.17, 15) is 4.79 Å². The van der Waals surface area contributed by atoms with Crippen molar-refractivity contribution in [2.24, 2.45) is 0 Å². The van der Waals surface area contributed by atoms with Crippen molar-refractivity contribution < 1.29 is 14.6 Å². The number of carboxylic acid groups (broad SMARTS) is 1. The quantitative estimate of drug-likeness (QED) is 0.733. The Hall–Kier alpha value is -1.36. The van der Waals surface area contributed by atoms with E-state index in [2.05, 4.69) is 11.6 Å². The molecule has 0 unspecified atom stereocenters. The van der Waals surface area contributed by atoms with Crippen molar-refractivity contribution in [3.05, 3.63) is 23.8 Å². The first-order valence-corrected chi connectivity index (χ1v) is 6.72. The van der Waals surface area contributed by atoms with E-state index in [1.807, 2.05) is 0 Å². The number of carbonyl (C=O) groups is 1. The van der Waals surface area contributed by atoms with Crippen molar-refractivity contribution in [3.63, 3.8) is 0 Å². The van der Waals surface area contributed by atoms with Crippen molar-refractivity contribution >= 4 is 23.4 Å². The molecule has 0 spiro atoms. The normalized spacial score (nSPS) is 10.0. The van der Waals surface area contributed by atoms with Crippen LogP contribution in [0.25, 0.3) is 0 Å². The number of ether oxygens (including phenoxy) is 1. The molecule has 0 fully saturated rings. The minimum absolute atomic E-state index is 0.262. The van der Waals surface area contributed by atoms with Gasteiger partial charge in [0.25, 0.3) is 0 Å². The van der Waals surface area contributed by atoms with E-state index in [1.54, 1.807) is 31.0 Å². The van der Waals surface area contributed by atoms with Gasteiger partial charge in [0, 0.05) is 6.54 Å². The van der Waals surface area contributed by atoms with E-state index in [0.29, 0.717) is 5.75 Å². The second-order valence-electron chi connectivity index (χ2n) is 3.49. The monoisotopic (exact) mass is 255 g/mol. The standard InChI is InChI=1S/C12H17NO3S/c1-16-11-5-4-9(12(14)15)8-10(11)13-6-3-7-17-2/h4-5,8,13H,3,6-7H2,1-2H3,(H,14,15). The zero-order valence-corrected chi connectivity index (χ0v) is 10.8. The lowest BCUT2D eigenvalue weighted by molar-refractivity contribution is 0.0697. The zero-order valence-electron chi connectivity index (χ0n) is 10.0. The molecule has 2 N–H and O–H groups in total. The third kappa shape index (κ3) is 4.19. The Balaban J connectivity index is 2.72. The first kappa shape index (κ1) is 13.7. The zero-order chi connectivity index (χ0) is 12.7. The fourth-order valence-electron chi connectivity index (χ4n) is 1.42. The summed E-state index contributed by atoms with van der Waals surface area (Å²) >= 11 is 1.79. The van der Waals surface area contributed by atoms with Crippen LogP contribution in [-0.4, -0.2) is 36.7 Å². The lowest BCUT2D eigenvalue weighted by Crippen LogP contribution is -2.06. The first-order valence-electron chi connectivity index (χ1n) is 5.33. The summed E-state index contributed by atoms with van der Waals surface area (Å²) in [5.41, 5.74) is 0.992. The number of hydrogen-bond acceptors (Lipinski definition) is 4. The maximum absolute atomic E-state index is 10.9. The van der Waals surface area contributed by atoms with Gasteiger partial charge >= 0.3 is 5.97 Å². The molecule has 0 aromatic heterocycles. The van der Waals surface area contributed by atoms with Crippen molar-refractivity contribution in [1.29, 1.82) is 0 Å². The third-order valence-electron chi connectivity index (χ3n) is 2.29. The molecule has 1 aromatic carbocycles. The number of methoxy groups -OCH3 is 1. The maximum atomic E-state index is 10.9. The molecule has 0 aliphatic carbocycles. The van der Waals surface area contributed by atoms with E-state index in [0.717, 1.165) is 24.4 Å². The lowest BCUT2D eigenvalue weighted by Gasteiger charge is -2.11. The predicted molar refractivity (Wildman–Crippen MR) is 71.4 cm³/mol. The molecule has 4 nitrogen and oxygen atoms in total. The van der Waals surface area contributed by atoms with Crippen LogP contribution in [0.1, 0.15) is 16.8 Å². The van der Waals surface area contributed by atoms with E-state index in [4.69, 9.17) is 9.84 Å². The largest absolute Gasteiger partial charge is 0.495 e. The molecule has 5 heteroatoms. The van der Waals surface area contributed by atoms with Gasteiger partial charge in [-0.1, -0.05) is 0 Å². The molecule has 94 valence electrons. The van der Waals surface area contributed by atoms with Gasteiger partial charge in [0.15, 0.2) is 0 Å². The number of carboxylic acids is 1. The van der Waals surface area contributed by atoms with E-state index < -0.39 is 5.97 Å². The van der Waals surface area contributed by atoms with Crippen molar-refractivity contribution in [2.45, 2.75) is 6.42 Å². The van der Waals surface area contributed by atoms with Crippen LogP contribution in [0.5, 0.6) is 5.75 Å². The molecular formula is C12H17NO3S. The Labute approximate surface area is 105 Å². The van der Waals surface area contributed by atoms with Gasteiger partial charge in [0.2, 0.25) is 0 Å². The fraction of sp³-hybridized carbons (Fsp3) is 0.417. The van der Waals surface area contributed by atoms with Gasteiger partial charge in [-0.2, -0.15) is 11.8 Å². The van der Waals surface area contributed by atoms with Gasteiger partial charge in [-0.3, -0.25) is 0 Å². The molecule has 0 heterocycles. The molecule has 0 aliphatic rings. The average molecular weight is 255 g/mol. The van der Waals surface area contributed by atoms with Gasteiger partial charge in [-0.05, 0) is 36.6 Å². The summed E-state index contributed by atoms with van der Waals surface area (Å²) in [7, 11) is 1.57. The lowest BCUT2D eigenvalue weighted by atomic mass is 10.2. The predicted octanol–water partition coefficient (Wildman–Crippen LogP) is 2.56. The Bertz CT molecular complexity index is 382. The molecule has 0 saturated carbocycles. The van der Waals surface area contributed by atoms with Gasteiger partial charge in [0.05, 0.1) is 18.4 Å². The smallest absolute Gasteiger partial charge is 0.335 e. The average Bonchev–Trinajstić information content (AvgIpc) is 2.34. The van der Waals surface area contributed by atoms with Gasteiger partial charge < -0.3 is 15.2 Å². The summed E-state index contributed by atoms with van der Waals surface area (Å²) in [5.74, 6) is 0.812. The fourth-order valence-corrected chi connectivity index (χ4v) is 1.85. The molecule has 0 saturated heterocycles. The van der Waals surface area contributed by atoms with Gasteiger partial charge in [-0.15, -0.1) is 0 Å². The molecule has 0 radical (unpaired) electrons. The number of thioether (sulfide) groups is 1. The third-order valence-corrected chi connectivity index (χ3v) is 2.98. The molecule has 0 amide bonds. The number of anilines is 1. The number of aromatic carboxylic acids is 1. The van der Waals surface area contributed by atoms with Crippen LogP contribution in [0.4, 0.5) is 5.69 Å². The molecule has 0 atom stereocenters. The van der Waals surface area contributed by atoms with Crippen molar-refractivity contribution in [3.8, 4) is 5.75 Å². The summed E-state index contributed by atoms with van der Waals surface area (Å²) in [6, 6.07) is 4.80. The summed E-state index contributed by atoms with van der Waals surface area (Å²) < 4.78 is 5.18. The SMILES string of the molecule is COc1ccc(C(=O)O)cc1NCCCSC. The minimum atomic E-state index is -0.931. The molecular weight excluding hydrogens is 238 g/mol. The van der Waals surface area contributed by atoms with Crippen LogP contribution < -0.4 is 10.1 Å². The minimum Gasteiger partial charge on any atom is -0.495 e. The number of hydrogen-bond donors (Lipinski definition) is 2. The Kier molecular flexibility index (Phi) is 5.69. The Morgan fingerprint density at radius 2 is 2.29 bits per heavy atom. The van der Waals surface area contributed by atoms with Crippen LogP contribution in [0.15, 0.2) is 18.2 Å². The summed E-state index contributed by atoms with van der Waals surface area (Å²) in [6.07, 6.45) is 3.09. The summed E-state index contributed by atoms with van der Waals surface area (Å²) in [6.45, 7) is 0.806. The number of benzene rings is 1. The second-order valence-corrected chi connectivity index (χ2v) is 4.48. The van der Waals surface area contributed by atoms with E-state index in [-0.39, 0.29) is 5.56 Å². The second kappa shape index (κ2) is 7.06. The highest BCUT2D eigenvalue weighted by molar-refractivity contribution is 7.98. The molecule has 1 rings (SSSR count). The number of rotatable bonds is 7. The van der Waals surface area contributed by atoms with Crippen LogP contribution in [0, 0.1) is 0 Å². The molecule has 1 aromatic rings.